The third kappa shape index (κ3) is 7.78. The summed E-state index contributed by atoms with van der Waals surface area (Å²) in [6.45, 7) is 5.57. The minimum absolute atomic E-state index is 0. The van der Waals surface area contributed by atoms with E-state index in [1.165, 1.54) is 17.5 Å². The Kier molecular flexibility index (Phi) is 11.0. The van der Waals surface area contributed by atoms with Crippen LogP contribution in [0.25, 0.3) is 0 Å². The van der Waals surface area contributed by atoms with Crippen molar-refractivity contribution in [3.63, 3.8) is 0 Å². The van der Waals surface area contributed by atoms with E-state index in [0.717, 1.165) is 44.3 Å². The second kappa shape index (κ2) is 12.8. The minimum atomic E-state index is 0. The Balaban J connectivity index is 0.00000338. The van der Waals surface area contributed by atoms with Gasteiger partial charge in [-0.3, -0.25) is 9.89 Å². The normalized spacial score (nSPS) is 11.3. The van der Waals surface area contributed by atoms with Crippen LogP contribution in [0.3, 0.4) is 0 Å². The second-order valence-corrected chi connectivity index (χ2v) is 6.23. The molecule has 0 saturated heterocycles. The van der Waals surface area contributed by atoms with Crippen LogP contribution in [-0.4, -0.2) is 31.5 Å². The fraction of sp³-hybridized carbons (Fsp3) is 0.450. The van der Waals surface area contributed by atoms with Gasteiger partial charge in [0.05, 0.1) is 12.8 Å². The SMILES string of the molecule is CCCCNC(=NC)NCc1ccccc1CN(C)Cc1ccco1.I. The Morgan fingerprint density at radius 3 is 2.50 bits per heavy atom. The van der Waals surface area contributed by atoms with Crippen molar-refractivity contribution in [1.29, 1.82) is 0 Å². The molecule has 0 aliphatic heterocycles. The molecule has 5 nitrogen and oxygen atoms in total. The molecule has 2 aromatic rings. The number of benzene rings is 1. The Morgan fingerprint density at radius 1 is 1.08 bits per heavy atom. The highest BCUT2D eigenvalue weighted by Gasteiger charge is 2.08. The summed E-state index contributed by atoms with van der Waals surface area (Å²) >= 11 is 0. The van der Waals surface area contributed by atoms with E-state index in [2.05, 4.69) is 58.8 Å². The third-order valence-electron chi connectivity index (χ3n) is 4.06. The van der Waals surface area contributed by atoms with Crippen LogP contribution in [0.5, 0.6) is 0 Å². The average Bonchev–Trinajstić information content (AvgIpc) is 3.12. The predicted molar refractivity (Wildman–Crippen MR) is 119 cm³/mol. The van der Waals surface area contributed by atoms with E-state index in [0.29, 0.717) is 0 Å². The van der Waals surface area contributed by atoms with Gasteiger partial charge in [-0.25, -0.2) is 0 Å². The molecule has 0 unspecified atom stereocenters. The number of hydrogen-bond donors (Lipinski definition) is 2. The van der Waals surface area contributed by atoms with E-state index in [-0.39, 0.29) is 24.0 Å². The number of hydrogen-bond acceptors (Lipinski definition) is 3. The molecule has 0 radical (unpaired) electrons. The van der Waals surface area contributed by atoms with Gasteiger partial charge in [0.15, 0.2) is 5.96 Å². The lowest BCUT2D eigenvalue weighted by Crippen LogP contribution is -2.37. The molecule has 1 aromatic carbocycles. The smallest absolute Gasteiger partial charge is 0.191 e. The number of halogens is 1. The van der Waals surface area contributed by atoms with Crippen LogP contribution in [0.1, 0.15) is 36.7 Å². The van der Waals surface area contributed by atoms with Crippen molar-refractivity contribution in [2.45, 2.75) is 39.4 Å². The molecule has 144 valence electrons. The van der Waals surface area contributed by atoms with Crippen LogP contribution < -0.4 is 10.6 Å². The highest BCUT2D eigenvalue weighted by atomic mass is 127. The van der Waals surface area contributed by atoms with Crippen molar-refractivity contribution < 1.29 is 4.42 Å². The van der Waals surface area contributed by atoms with Gasteiger partial charge in [0, 0.05) is 26.7 Å². The lowest BCUT2D eigenvalue weighted by atomic mass is 10.1. The maximum Gasteiger partial charge on any atom is 0.191 e. The average molecular weight is 470 g/mol. The Hall–Kier alpha value is -1.54. The molecule has 2 rings (SSSR count). The van der Waals surface area contributed by atoms with Crippen molar-refractivity contribution in [2.24, 2.45) is 4.99 Å². The van der Waals surface area contributed by atoms with Gasteiger partial charge in [-0.1, -0.05) is 37.6 Å². The number of rotatable bonds is 9. The van der Waals surface area contributed by atoms with Crippen LogP contribution >= 0.6 is 24.0 Å². The van der Waals surface area contributed by atoms with Gasteiger partial charge in [0.25, 0.3) is 0 Å². The third-order valence-corrected chi connectivity index (χ3v) is 4.06. The first-order valence-electron chi connectivity index (χ1n) is 8.95. The van der Waals surface area contributed by atoms with Gasteiger partial charge in [-0.2, -0.15) is 0 Å². The monoisotopic (exact) mass is 470 g/mol. The maximum atomic E-state index is 5.43. The van der Waals surface area contributed by atoms with Gasteiger partial charge in [-0.15, -0.1) is 24.0 Å². The quantitative estimate of drug-likeness (QED) is 0.252. The van der Waals surface area contributed by atoms with E-state index in [1.54, 1.807) is 6.26 Å². The molecule has 0 aliphatic carbocycles. The Labute approximate surface area is 174 Å². The number of nitrogens with one attached hydrogen (secondary N) is 2. The van der Waals surface area contributed by atoms with E-state index < -0.39 is 0 Å². The molecule has 0 fully saturated rings. The molecule has 0 spiro atoms. The Bertz CT molecular complexity index is 643. The summed E-state index contributed by atoms with van der Waals surface area (Å²) in [6, 6.07) is 12.5. The summed E-state index contributed by atoms with van der Waals surface area (Å²) in [6.07, 6.45) is 4.04. The van der Waals surface area contributed by atoms with Crippen molar-refractivity contribution in [3.8, 4) is 0 Å². The van der Waals surface area contributed by atoms with E-state index in [4.69, 9.17) is 4.42 Å². The summed E-state index contributed by atoms with van der Waals surface area (Å²) in [4.78, 5) is 6.54. The lowest BCUT2D eigenvalue weighted by Gasteiger charge is -2.19. The Morgan fingerprint density at radius 2 is 1.85 bits per heavy atom. The summed E-state index contributed by atoms with van der Waals surface area (Å²) in [5.41, 5.74) is 2.60. The summed E-state index contributed by atoms with van der Waals surface area (Å²) in [5.74, 6) is 1.84. The minimum Gasteiger partial charge on any atom is -0.468 e. The van der Waals surface area contributed by atoms with E-state index >= 15 is 0 Å². The largest absolute Gasteiger partial charge is 0.468 e. The molecule has 0 amide bonds. The van der Waals surface area contributed by atoms with Crippen LogP contribution in [-0.2, 0) is 19.6 Å². The standard InChI is InChI=1S/C20H30N4O.HI/c1-4-5-12-22-20(21-2)23-14-17-9-6-7-10-18(17)15-24(3)16-19-11-8-13-25-19;/h6-11,13H,4-5,12,14-16H2,1-3H3,(H2,21,22,23);1H. The van der Waals surface area contributed by atoms with Crippen LogP contribution in [0.15, 0.2) is 52.1 Å². The zero-order valence-corrected chi connectivity index (χ0v) is 18.3. The van der Waals surface area contributed by atoms with Crippen molar-refractivity contribution in [3.05, 3.63) is 59.5 Å². The van der Waals surface area contributed by atoms with Gasteiger partial charge in [-0.05, 0) is 36.7 Å². The lowest BCUT2D eigenvalue weighted by molar-refractivity contribution is 0.287. The number of unbranched alkanes of at least 4 members (excludes halogenated alkanes) is 1. The summed E-state index contributed by atoms with van der Waals surface area (Å²) in [7, 11) is 3.92. The summed E-state index contributed by atoms with van der Waals surface area (Å²) < 4.78 is 5.43. The van der Waals surface area contributed by atoms with Crippen molar-refractivity contribution in [2.75, 3.05) is 20.6 Å². The molecule has 2 N–H and O–H groups in total. The van der Waals surface area contributed by atoms with Gasteiger partial charge >= 0.3 is 0 Å². The molecule has 0 saturated carbocycles. The van der Waals surface area contributed by atoms with Crippen LogP contribution in [0.4, 0.5) is 0 Å². The zero-order valence-electron chi connectivity index (χ0n) is 16.0. The zero-order chi connectivity index (χ0) is 17.9. The molecular formula is C20H31IN4O. The first-order valence-corrected chi connectivity index (χ1v) is 8.95. The van der Waals surface area contributed by atoms with Gasteiger partial charge < -0.3 is 15.1 Å². The number of aliphatic imine (C=N–C) groups is 1. The van der Waals surface area contributed by atoms with E-state index in [9.17, 15) is 0 Å². The summed E-state index contributed by atoms with van der Waals surface area (Å²) in [5, 5.41) is 6.75. The molecule has 1 heterocycles. The van der Waals surface area contributed by atoms with Crippen LogP contribution in [0, 0.1) is 0 Å². The molecule has 6 heteroatoms. The highest BCUT2D eigenvalue weighted by molar-refractivity contribution is 14.0. The first-order chi connectivity index (χ1) is 12.2. The van der Waals surface area contributed by atoms with E-state index in [1.807, 2.05) is 19.2 Å². The van der Waals surface area contributed by atoms with Gasteiger partial charge in [0.2, 0.25) is 0 Å². The molecule has 0 bridgehead atoms. The molecular weight excluding hydrogens is 439 g/mol. The number of nitrogens with zero attached hydrogens (tertiary/aromatic N) is 2. The maximum absolute atomic E-state index is 5.43. The molecule has 26 heavy (non-hydrogen) atoms. The van der Waals surface area contributed by atoms with Crippen molar-refractivity contribution in [1.82, 2.24) is 15.5 Å². The van der Waals surface area contributed by atoms with Crippen molar-refractivity contribution >= 4 is 29.9 Å². The fourth-order valence-corrected chi connectivity index (χ4v) is 2.68. The first kappa shape index (κ1) is 22.5. The fourth-order valence-electron chi connectivity index (χ4n) is 2.68. The molecule has 1 aromatic heterocycles. The molecule has 0 atom stereocenters. The van der Waals surface area contributed by atoms with Crippen LogP contribution in [0.2, 0.25) is 0 Å². The number of guanidine groups is 1. The predicted octanol–water partition coefficient (Wildman–Crippen LogP) is 3.99. The topological polar surface area (TPSA) is 52.8 Å². The highest BCUT2D eigenvalue weighted by Crippen LogP contribution is 2.13. The van der Waals surface area contributed by atoms with Gasteiger partial charge in [0.1, 0.15) is 5.76 Å². The number of furan rings is 1. The molecule has 0 aliphatic rings. The second-order valence-electron chi connectivity index (χ2n) is 6.23.